The summed E-state index contributed by atoms with van der Waals surface area (Å²) >= 11 is 5.20. The molecule has 1 radical (unpaired) electrons. The van der Waals surface area contributed by atoms with Crippen LogP contribution in [0.5, 0.6) is 0 Å². The molecular weight excluding hydrogens is 202 g/mol. The molecule has 12 heavy (non-hydrogen) atoms. The average Bonchev–Trinajstić information content (AvgIpc) is 1.85. The molecule has 0 unspecified atom stereocenters. The van der Waals surface area contributed by atoms with E-state index in [0.717, 1.165) is 0 Å². The fourth-order valence-electron chi connectivity index (χ4n) is 0.558. The molecule has 0 bridgehead atoms. The Labute approximate surface area is 77.3 Å². The maximum atomic E-state index is 10.8. The first-order valence-corrected chi connectivity index (χ1v) is 5.70. The first-order chi connectivity index (χ1) is 5.52. The highest BCUT2D eigenvalue weighted by Crippen LogP contribution is 1.93. The van der Waals surface area contributed by atoms with Crippen molar-refractivity contribution >= 4 is 27.5 Å². The van der Waals surface area contributed by atoms with E-state index in [1.165, 1.54) is 0 Å². The van der Waals surface area contributed by atoms with Crippen molar-refractivity contribution in [2.75, 3.05) is 11.6 Å². The molecule has 0 heterocycles. The third kappa shape index (κ3) is 5.37. The van der Waals surface area contributed by atoms with Gasteiger partial charge in [0.25, 0.3) is 15.9 Å². The van der Waals surface area contributed by atoms with Crippen LogP contribution in [0.25, 0.3) is 0 Å². The van der Waals surface area contributed by atoms with E-state index in [4.69, 9.17) is 11.6 Å². The van der Waals surface area contributed by atoms with Crippen LogP contribution in [-0.2, 0) is 14.8 Å². The third-order valence-electron chi connectivity index (χ3n) is 1.04. The van der Waals surface area contributed by atoms with Gasteiger partial charge in [-0.15, -0.1) is 16.3 Å². The number of sulfonamides is 1. The van der Waals surface area contributed by atoms with Crippen LogP contribution in [0.1, 0.15) is 19.8 Å². The Bertz CT molecular complexity index is 237. The lowest BCUT2D eigenvalue weighted by atomic mass is 10.3. The molecule has 0 aromatic heterocycles. The molecule has 1 amide bonds. The summed E-state index contributed by atoms with van der Waals surface area (Å²) in [6.07, 6.45) is 0.764. The summed E-state index contributed by atoms with van der Waals surface area (Å²) in [5, 5.41) is 0. The summed E-state index contributed by atoms with van der Waals surface area (Å²) in [4.78, 5) is 10.7. The zero-order valence-corrected chi connectivity index (χ0v) is 8.36. The normalized spacial score (nSPS) is 11.2. The van der Waals surface area contributed by atoms with E-state index in [2.05, 4.69) is 4.72 Å². The van der Waals surface area contributed by atoms with Crippen LogP contribution >= 0.6 is 11.6 Å². The van der Waals surface area contributed by atoms with Gasteiger partial charge in [0, 0.05) is 12.3 Å². The Balaban J connectivity index is 3.98. The number of carbonyl (C=O) groups is 1. The van der Waals surface area contributed by atoms with Gasteiger partial charge in [-0.2, -0.15) is 0 Å². The smallest absolute Gasteiger partial charge is 0.257 e. The van der Waals surface area contributed by atoms with Crippen LogP contribution in [0.4, 0.5) is 0 Å². The van der Waals surface area contributed by atoms with E-state index in [1.807, 2.05) is 0 Å². The number of alkyl halides is 1. The highest BCUT2D eigenvalue weighted by Gasteiger charge is 2.15. The monoisotopic (exact) mass is 212 g/mol. The second-order valence-corrected chi connectivity index (χ2v) is 4.34. The minimum absolute atomic E-state index is 0.0365. The lowest BCUT2D eigenvalue weighted by molar-refractivity contribution is -0.119. The van der Waals surface area contributed by atoms with E-state index >= 15 is 0 Å². The van der Waals surface area contributed by atoms with Crippen molar-refractivity contribution in [1.29, 1.82) is 0 Å². The van der Waals surface area contributed by atoms with Crippen LogP contribution < -0.4 is 4.72 Å². The van der Waals surface area contributed by atoms with Gasteiger partial charge in [0.2, 0.25) is 0 Å². The summed E-state index contributed by atoms with van der Waals surface area (Å²) in [5.74, 6) is -0.905. The molecule has 0 saturated heterocycles. The van der Waals surface area contributed by atoms with E-state index < -0.39 is 15.9 Å². The molecule has 4 nitrogen and oxygen atoms in total. The molecule has 6 heteroatoms. The van der Waals surface area contributed by atoms with Gasteiger partial charge >= 0.3 is 0 Å². The summed E-state index contributed by atoms with van der Waals surface area (Å²) < 4.78 is 24.7. The first kappa shape index (κ1) is 11.7. The summed E-state index contributed by atoms with van der Waals surface area (Å²) in [5.41, 5.74) is 0. The van der Waals surface area contributed by atoms with Crippen LogP contribution in [0.3, 0.4) is 0 Å². The van der Waals surface area contributed by atoms with Gasteiger partial charge in [-0.3, -0.25) is 4.79 Å². The maximum Gasteiger partial charge on any atom is 0.257 e. The Hall–Kier alpha value is -0.290. The van der Waals surface area contributed by atoms with E-state index in [-0.39, 0.29) is 18.1 Å². The number of hydrogen-bond donors (Lipinski definition) is 0. The van der Waals surface area contributed by atoms with Gasteiger partial charge in [-0.05, 0) is 6.42 Å². The van der Waals surface area contributed by atoms with Crippen molar-refractivity contribution in [3.8, 4) is 0 Å². The molecule has 0 aliphatic carbocycles. The largest absolute Gasteiger partial charge is 0.272 e. The number of rotatable bonds is 5. The molecule has 0 atom stereocenters. The molecule has 0 aromatic carbocycles. The van der Waals surface area contributed by atoms with E-state index in [1.54, 1.807) is 6.92 Å². The second-order valence-electron chi connectivity index (χ2n) is 2.21. The zero-order chi connectivity index (χ0) is 9.61. The lowest BCUT2D eigenvalue weighted by Gasteiger charge is -1.99. The van der Waals surface area contributed by atoms with Crippen molar-refractivity contribution in [2.45, 2.75) is 19.8 Å². The fraction of sp³-hybridized carbons (Fsp3) is 0.833. The van der Waals surface area contributed by atoms with Crippen LogP contribution in [0.15, 0.2) is 0 Å². The van der Waals surface area contributed by atoms with Gasteiger partial charge in [0.1, 0.15) is 0 Å². The van der Waals surface area contributed by atoms with Gasteiger partial charge in [-0.25, -0.2) is 8.42 Å². The Morgan fingerprint density at radius 2 is 2.08 bits per heavy atom. The van der Waals surface area contributed by atoms with Gasteiger partial charge in [-0.1, -0.05) is 6.92 Å². The summed E-state index contributed by atoms with van der Waals surface area (Å²) in [6, 6.07) is 0. The topological polar surface area (TPSA) is 65.3 Å². The standard InChI is InChI=1S/C6H11ClNO3S/c1-2-3-6(9)8-12(10,11)5-4-7/h2-5H2,1H3. The number of amides is 1. The van der Waals surface area contributed by atoms with Crippen molar-refractivity contribution in [1.82, 2.24) is 4.72 Å². The van der Waals surface area contributed by atoms with Crippen molar-refractivity contribution in [2.24, 2.45) is 0 Å². The van der Waals surface area contributed by atoms with Crippen molar-refractivity contribution in [3.63, 3.8) is 0 Å². The second kappa shape index (κ2) is 5.37. The summed E-state index contributed by atoms with van der Waals surface area (Å²) in [6.45, 7) is 1.78. The van der Waals surface area contributed by atoms with E-state index in [0.29, 0.717) is 6.42 Å². The summed E-state index contributed by atoms with van der Waals surface area (Å²) in [7, 11) is -3.61. The highest BCUT2D eigenvalue weighted by molar-refractivity contribution is 7.90. The first-order valence-electron chi connectivity index (χ1n) is 3.56. The predicted octanol–water partition coefficient (Wildman–Crippen LogP) is 0.486. The third-order valence-corrected chi connectivity index (χ3v) is 2.65. The van der Waals surface area contributed by atoms with Gasteiger partial charge < -0.3 is 0 Å². The molecule has 0 rings (SSSR count). The number of carbonyl (C=O) groups excluding carboxylic acids is 1. The Morgan fingerprint density at radius 3 is 2.50 bits per heavy atom. The molecule has 0 N–H and O–H groups in total. The quantitative estimate of drug-likeness (QED) is 0.623. The molecule has 0 spiro atoms. The van der Waals surface area contributed by atoms with Gasteiger partial charge in [0.05, 0.1) is 5.75 Å². The molecule has 0 fully saturated rings. The van der Waals surface area contributed by atoms with E-state index in [9.17, 15) is 13.2 Å². The average molecular weight is 213 g/mol. The minimum Gasteiger partial charge on any atom is -0.272 e. The maximum absolute atomic E-state index is 10.8. The number of nitrogens with zero attached hydrogens (tertiary/aromatic N) is 1. The van der Waals surface area contributed by atoms with Gasteiger partial charge in [0.15, 0.2) is 0 Å². The molecule has 0 aliphatic heterocycles. The fourth-order valence-corrected chi connectivity index (χ4v) is 1.83. The molecule has 0 aromatic rings. The Kier molecular flexibility index (Phi) is 5.24. The molecule has 71 valence electrons. The van der Waals surface area contributed by atoms with Crippen LogP contribution in [-0.4, -0.2) is 26.0 Å². The molecule has 0 saturated carbocycles. The lowest BCUT2D eigenvalue weighted by Crippen LogP contribution is -2.25. The van der Waals surface area contributed by atoms with Crippen LogP contribution in [0.2, 0.25) is 0 Å². The van der Waals surface area contributed by atoms with Crippen molar-refractivity contribution < 1.29 is 13.2 Å². The van der Waals surface area contributed by atoms with Crippen LogP contribution in [0, 0.1) is 0 Å². The SMILES string of the molecule is CCCC(=O)[N]S(=O)(=O)CCCl. The Morgan fingerprint density at radius 1 is 1.50 bits per heavy atom. The highest BCUT2D eigenvalue weighted by atomic mass is 35.5. The number of halogens is 1. The minimum atomic E-state index is -3.61. The van der Waals surface area contributed by atoms with Crippen molar-refractivity contribution in [3.05, 3.63) is 0 Å². The molecular formula is C6H11ClNO3S. The molecule has 0 aliphatic rings. The zero-order valence-electron chi connectivity index (χ0n) is 6.79. The number of hydrogen-bond acceptors (Lipinski definition) is 3. The predicted molar refractivity (Wildman–Crippen MR) is 46.6 cm³/mol.